The van der Waals surface area contributed by atoms with E-state index in [1.54, 1.807) is 24.3 Å². The van der Waals surface area contributed by atoms with Crippen molar-refractivity contribution in [1.82, 2.24) is 0 Å². The molecule has 2 unspecified atom stereocenters. The second kappa shape index (κ2) is 7.83. The molecule has 2 aromatic rings. The summed E-state index contributed by atoms with van der Waals surface area (Å²) in [5.74, 6) is -0.590. The molecule has 0 radical (unpaired) electrons. The molecule has 1 fully saturated rings. The first-order valence-electron chi connectivity index (χ1n) is 9.76. The van der Waals surface area contributed by atoms with E-state index in [2.05, 4.69) is 21.0 Å². The quantitative estimate of drug-likeness (QED) is 0.627. The van der Waals surface area contributed by atoms with Gasteiger partial charge in [-0.25, -0.2) is 4.79 Å². The molecule has 1 N–H and O–H groups in total. The molecule has 4 nitrogen and oxygen atoms in total. The first-order chi connectivity index (χ1) is 12.9. The Hall–Kier alpha value is -2.17. The summed E-state index contributed by atoms with van der Waals surface area (Å²) in [6, 6.07) is 18.4. The molecule has 0 bridgehead atoms. The average molecular weight is 368 g/mol. The van der Waals surface area contributed by atoms with Crippen molar-refractivity contribution in [3.63, 3.8) is 0 Å². The number of likely N-dealkylation sites (N-methyl/N-ethyl adjacent to an activating group) is 1. The number of rotatable bonds is 6. The molecule has 0 spiro atoms. The summed E-state index contributed by atoms with van der Waals surface area (Å²) >= 11 is 0. The molecule has 0 saturated heterocycles. The van der Waals surface area contributed by atoms with Crippen molar-refractivity contribution in [2.45, 2.75) is 43.9 Å². The highest BCUT2D eigenvalue weighted by molar-refractivity contribution is 5.85. The third-order valence-corrected chi connectivity index (χ3v) is 6.07. The summed E-state index contributed by atoms with van der Waals surface area (Å²) in [5.41, 5.74) is -0.751. The fourth-order valence-corrected chi connectivity index (χ4v) is 4.06. The summed E-state index contributed by atoms with van der Waals surface area (Å²) in [6.45, 7) is 3.13. The van der Waals surface area contributed by atoms with E-state index >= 15 is 0 Å². The maximum absolute atomic E-state index is 13.3. The van der Waals surface area contributed by atoms with Crippen LogP contribution in [0.15, 0.2) is 60.7 Å². The van der Waals surface area contributed by atoms with Gasteiger partial charge in [0.15, 0.2) is 6.10 Å². The predicted molar refractivity (Wildman–Crippen MR) is 106 cm³/mol. The molecule has 0 aromatic heterocycles. The normalized spacial score (nSPS) is 20.4. The Bertz CT molecular complexity index is 718. The number of benzene rings is 2. The third kappa shape index (κ3) is 3.78. The molecule has 144 valence electrons. The largest absolute Gasteiger partial charge is 0.453 e. The molecule has 0 amide bonds. The summed E-state index contributed by atoms with van der Waals surface area (Å²) in [5, 5.41) is 11.5. The number of nitrogens with zero attached hydrogens (tertiary/aromatic N) is 1. The third-order valence-electron chi connectivity index (χ3n) is 6.07. The second-order valence-corrected chi connectivity index (χ2v) is 7.98. The number of quaternary nitrogens is 1. The van der Waals surface area contributed by atoms with Crippen LogP contribution in [0.3, 0.4) is 0 Å². The van der Waals surface area contributed by atoms with Crippen LogP contribution >= 0.6 is 0 Å². The van der Waals surface area contributed by atoms with E-state index in [1.165, 1.54) is 0 Å². The van der Waals surface area contributed by atoms with Gasteiger partial charge in [0.05, 0.1) is 20.6 Å². The molecule has 0 aliphatic heterocycles. The molecule has 1 aliphatic carbocycles. The number of carbonyl (C=O) groups is 1. The lowest BCUT2D eigenvalue weighted by Crippen LogP contribution is -2.54. The summed E-state index contributed by atoms with van der Waals surface area (Å²) in [6.07, 6.45) is 2.75. The van der Waals surface area contributed by atoms with Crippen LogP contribution in [0.4, 0.5) is 0 Å². The van der Waals surface area contributed by atoms with Crippen LogP contribution in [0, 0.1) is 0 Å². The Morgan fingerprint density at radius 3 is 2.04 bits per heavy atom. The molecule has 1 saturated carbocycles. The van der Waals surface area contributed by atoms with Gasteiger partial charge in [0.2, 0.25) is 5.60 Å². The van der Waals surface area contributed by atoms with Gasteiger partial charge in [-0.3, -0.25) is 0 Å². The van der Waals surface area contributed by atoms with Gasteiger partial charge in [0, 0.05) is 6.42 Å². The van der Waals surface area contributed by atoms with Crippen molar-refractivity contribution in [2.75, 3.05) is 20.6 Å². The van der Waals surface area contributed by atoms with Gasteiger partial charge in [0.1, 0.15) is 6.04 Å². The molecule has 1 aliphatic rings. The number of hydrogen-bond donors (Lipinski definition) is 1. The van der Waals surface area contributed by atoms with Crippen molar-refractivity contribution >= 4 is 5.97 Å². The zero-order chi connectivity index (χ0) is 19.5. The number of ether oxygens (including phenoxy) is 1. The highest BCUT2D eigenvalue weighted by Crippen LogP contribution is 2.35. The zero-order valence-corrected chi connectivity index (χ0v) is 16.5. The summed E-state index contributed by atoms with van der Waals surface area (Å²) < 4.78 is 6.79. The number of carbonyl (C=O) groups excluding carboxylic acids is 1. The second-order valence-electron chi connectivity index (χ2n) is 7.98. The molecule has 0 heterocycles. The Labute approximate surface area is 162 Å². The van der Waals surface area contributed by atoms with E-state index in [1.807, 2.05) is 36.4 Å². The van der Waals surface area contributed by atoms with Crippen molar-refractivity contribution in [1.29, 1.82) is 0 Å². The Morgan fingerprint density at radius 1 is 1.04 bits per heavy atom. The molecule has 3 rings (SSSR count). The fraction of sp³-hybridized carbons (Fsp3) is 0.435. The molecule has 27 heavy (non-hydrogen) atoms. The molecule has 2 aromatic carbocycles. The zero-order valence-electron chi connectivity index (χ0n) is 16.5. The van der Waals surface area contributed by atoms with Crippen LogP contribution in [-0.2, 0) is 15.1 Å². The maximum Gasteiger partial charge on any atom is 0.348 e. The maximum atomic E-state index is 13.3. The van der Waals surface area contributed by atoms with Crippen LogP contribution in [0.5, 0.6) is 0 Å². The van der Waals surface area contributed by atoms with E-state index in [-0.39, 0.29) is 12.1 Å². The van der Waals surface area contributed by atoms with Crippen molar-refractivity contribution in [3.8, 4) is 0 Å². The van der Waals surface area contributed by atoms with Gasteiger partial charge < -0.3 is 14.3 Å². The minimum atomic E-state index is -1.81. The van der Waals surface area contributed by atoms with Crippen LogP contribution in [0.1, 0.15) is 37.3 Å². The summed E-state index contributed by atoms with van der Waals surface area (Å²) in [4.78, 5) is 13.3. The number of esters is 1. The van der Waals surface area contributed by atoms with Gasteiger partial charge in [-0.05, 0) is 30.9 Å². The van der Waals surface area contributed by atoms with Crippen LogP contribution in [-0.4, -0.2) is 48.3 Å². The minimum Gasteiger partial charge on any atom is -0.453 e. The monoisotopic (exact) mass is 368 g/mol. The lowest BCUT2D eigenvalue weighted by Gasteiger charge is -2.38. The first kappa shape index (κ1) is 19.6. The Morgan fingerprint density at radius 2 is 1.56 bits per heavy atom. The van der Waals surface area contributed by atoms with Crippen molar-refractivity contribution in [2.24, 2.45) is 0 Å². The van der Waals surface area contributed by atoms with E-state index < -0.39 is 11.6 Å². The standard InChI is InChI=1S/C23H30NO3/c1-4-24(2,3)20-16-11-17-21(20)27-22(25)23(26,18-12-7-5-8-13-18)19-14-9-6-10-15-19/h5-10,12-15,20-21,26H,4,11,16-17H2,1-3H3/q+1. The van der Waals surface area contributed by atoms with Gasteiger partial charge in [0.25, 0.3) is 0 Å². The van der Waals surface area contributed by atoms with Gasteiger partial charge in [-0.1, -0.05) is 60.7 Å². The van der Waals surface area contributed by atoms with Crippen LogP contribution in [0.2, 0.25) is 0 Å². The lowest BCUT2D eigenvalue weighted by molar-refractivity contribution is -0.915. The Balaban J connectivity index is 1.93. The molecule has 2 atom stereocenters. The molecule has 4 heteroatoms. The molecular weight excluding hydrogens is 338 g/mol. The van der Waals surface area contributed by atoms with Crippen LogP contribution < -0.4 is 0 Å². The van der Waals surface area contributed by atoms with E-state index in [0.29, 0.717) is 11.1 Å². The van der Waals surface area contributed by atoms with E-state index in [4.69, 9.17) is 4.74 Å². The summed E-state index contributed by atoms with van der Waals surface area (Å²) in [7, 11) is 4.36. The smallest absolute Gasteiger partial charge is 0.348 e. The van der Waals surface area contributed by atoms with Gasteiger partial charge in [-0.15, -0.1) is 0 Å². The lowest BCUT2D eigenvalue weighted by atomic mass is 9.86. The SMILES string of the molecule is CC[N+](C)(C)C1CCCC1OC(=O)C(O)(c1ccccc1)c1ccccc1. The number of hydrogen-bond acceptors (Lipinski definition) is 3. The van der Waals surface area contributed by atoms with E-state index in [9.17, 15) is 9.90 Å². The van der Waals surface area contributed by atoms with Crippen molar-refractivity contribution < 1.29 is 19.1 Å². The molecular formula is C23H30NO3+. The number of aliphatic hydroxyl groups is 1. The van der Waals surface area contributed by atoms with Gasteiger partial charge in [-0.2, -0.15) is 0 Å². The minimum absolute atomic E-state index is 0.175. The van der Waals surface area contributed by atoms with Gasteiger partial charge >= 0.3 is 5.97 Å². The van der Waals surface area contributed by atoms with Crippen LogP contribution in [0.25, 0.3) is 0 Å². The highest BCUT2D eigenvalue weighted by Gasteiger charge is 2.47. The fourth-order valence-electron chi connectivity index (χ4n) is 4.06. The Kier molecular flexibility index (Phi) is 5.68. The highest BCUT2D eigenvalue weighted by atomic mass is 16.6. The van der Waals surface area contributed by atoms with E-state index in [0.717, 1.165) is 30.3 Å². The average Bonchev–Trinajstić information content (AvgIpc) is 3.17. The topological polar surface area (TPSA) is 46.5 Å². The van der Waals surface area contributed by atoms with Crippen molar-refractivity contribution in [3.05, 3.63) is 71.8 Å². The first-order valence-corrected chi connectivity index (χ1v) is 9.76. The predicted octanol–water partition coefficient (Wildman–Crippen LogP) is 3.48.